The summed E-state index contributed by atoms with van der Waals surface area (Å²) in [5.41, 5.74) is 0. The highest BCUT2D eigenvalue weighted by atomic mass is 28.4. The summed E-state index contributed by atoms with van der Waals surface area (Å²) in [6.45, 7) is 5.89. The van der Waals surface area contributed by atoms with Gasteiger partial charge in [0.15, 0.2) is 0 Å². The van der Waals surface area contributed by atoms with E-state index < -0.39 is 9.28 Å². The minimum atomic E-state index is -1.35. The minimum absolute atomic E-state index is 0.0177. The topological polar surface area (TPSA) is 36.9 Å². The lowest BCUT2D eigenvalue weighted by Gasteiger charge is -2.17. The summed E-state index contributed by atoms with van der Waals surface area (Å²) in [4.78, 5) is 0. The van der Waals surface area contributed by atoms with Crippen molar-refractivity contribution in [1.29, 1.82) is 0 Å². The Balaban J connectivity index is 2.34. The zero-order valence-corrected chi connectivity index (χ0v) is 10.5. The Bertz CT molecular complexity index is 146. The summed E-state index contributed by atoms with van der Waals surface area (Å²) in [6, 6.07) is 0. The van der Waals surface area contributed by atoms with Crippen molar-refractivity contribution in [2.45, 2.75) is 13.3 Å². The van der Waals surface area contributed by atoms with Crippen molar-refractivity contribution in [3.63, 3.8) is 0 Å². The van der Waals surface area contributed by atoms with Gasteiger partial charge in [-0.05, 0) is 11.6 Å². The molecule has 1 fully saturated rings. The summed E-state index contributed by atoms with van der Waals surface area (Å²) in [6.07, 6.45) is 0.880. The van der Waals surface area contributed by atoms with Gasteiger partial charge in [-0.15, -0.1) is 0 Å². The second-order valence-electron chi connectivity index (χ2n) is 1.90. The fourth-order valence-electron chi connectivity index (χ4n) is 0.482. The average molecular weight is 231 g/mol. The fourth-order valence-corrected chi connectivity index (χ4v) is 4.97. The van der Waals surface area contributed by atoms with Crippen LogP contribution in [0.5, 0.6) is 0 Å². The van der Waals surface area contributed by atoms with Gasteiger partial charge >= 0.3 is 39.3 Å². The van der Waals surface area contributed by atoms with Gasteiger partial charge in [-0.3, -0.25) is 0 Å². The van der Waals surface area contributed by atoms with E-state index in [1.165, 1.54) is 0 Å². The Morgan fingerprint density at radius 1 is 1.25 bits per heavy atom. The van der Waals surface area contributed by atoms with Crippen molar-refractivity contribution >= 4 is 39.3 Å². The Labute approximate surface area is 81.3 Å². The Morgan fingerprint density at radius 3 is 2.33 bits per heavy atom. The van der Waals surface area contributed by atoms with E-state index in [1.807, 2.05) is 6.92 Å². The average Bonchev–Trinajstić information content (AvgIpc) is 2.02. The van der Waals surface area contributed by atoms with Crippen LogP contribution in [-0.4, -0.2) is 39.3 Å². The van der Waals surface area contributed by atoms with Crippen LogP contribution < -0.4 is 0 Å². The highest BCUT2D eigenvalue weighted by Gasteiger charge is 2.22. The number of hydrogen-bond donors (Lipinski definition) is 0. The van der Waals surface area contributed by atoms with E-state index in [9.17, 15) is 0 Å². The van der Waals surface area contributed by atoms with E-state index in [0.29, 0.717) is 0 Å². The summed E-state index contributed by atoms with van der Waals surface area (Å²) < 4.78 is 20.8. The van der Waals surface area contributed by atoms with Gasteiger partial charge < -0.3 is 16.5 Å². The number of rotatable bonds is 2. The van der Waals surface area contributed by atoms with Gasteiger partial charge in [0.05, 0.1) is 0 Å². The van der Waals surface area contributed by atoms with E-state index in [4.69, 9.17) is 16.5 Å². The summed E-state index contributed by atoms with van der Waals surface area (Å²) in [5, 5.41) is 1.01. The molecule has 0 saturated carbocycles. The van der Waals surface area contributed by atoms with Gasteiger partial charge in [-0.2, -0.15) is 0 Å². The first kappa shape index (κ1) is 10.5. The standard InChI is InChI=1S/C4H7O4Si4/c1-3-4(2)12-7-10-5-9-6-11-8-12/h2-3H2,1H3. The van der Waals surface area contributed by atoms with Crippen LogP contribution in [0.4, 0.5) is 0 Å². The first-order valence-corrected chi connectivity index (χ1v) is 7.06. The maximum absolute atomic E-state index is 5.36. The molecule has 0 aliphatic carbocycles. The second-order valence-corrected chi connectivity index (χ2v) is 6.95. The Kier molecular flexibility index (Phi) is 5.25. The predicted molar refractivity (Wildman–Crippen MR) is 46.8 cm³/mol. The van der Waals surface area contributed by atoms with Crippen LogP contribution in [0.25, 0.3) is 0 Å². The third kappa shape index (κ3) is 3.45. The molecule has 0 atom stereocenters. The fraction of sp³-hybridized carbons (Fsp3) is 0.500. The van der Waals surface area contributed by atoms with Crippen LogP contribution in [0.1, 0.15) is 13.3 Å². The lowest BCUT2D eigenvalue weighted by molar-refractivity contribution is 0.333. The molecule has 0 aromatic rings. The Hall–Kier alpha value is 0.448. The van der Waals surface area contributed by atoms with Crippen molar-refractivity contribution < 1.29 is 16.5 Å². The largest absolute Gasteiger partial charge is 0.413 e. The first-order valence-electron chi connectivity index (χ1n) is 3.30. The molecule has 0 amide bonds. The molecule has 0 unspecified atom stereocenters. The highest BCUT2D eigenvalue weighted by Crippen LogP contribution is 2.05. The van der Waals surface area contributed by atoms with E-state index in [1.54, 1.807) is 0 Å². The molecule has 7 radical (unpaired) electrons. The third-order valence-corrected chi connectivity index (χ3v) is 5.56. The molecule has 4 nitrogen and oxygen atoms in total. The van der Waals surface area contributed by atoms with E-state index >= 15 is 0 Å². The molecule has 1 saturated heterocycles. The molecule has 0 spiro atoms. The molecule has 0 aromatic heterocycles. The van der Waals surface area contributed by atoms with Gasteiger partial charge in [-0.25, -0.2) is 0 Å². The first-order chi connectivity index (χ1) is 5.84. The lowest BCUT2D eigenvalue weighted by Crippen LogP contribution is -2.34. The van der Waals surface area contributed by atoms with E-state index in [-0.39, 0.29) is 30.0 Å². The molecule has 8 heteroatoms. The number of hydrogen-bond acceptors (Lipinski definition) is 4. The monoisotopic (exact) mass is 231 g/mol. The molecule has 1 rings (SSSR count). The highest BCUT2D eigenvalue weighted by molar-refractivity contribution is 6.65. The molecule has 1 aliphatic heterocycles. The van der Waals surface area contributed by atoms with Crippen molar-refractivity contribution in [3.8, 4) is 0 Å². The number of allylic oxidation sites excluding steroid dienone is 1. The quantitative estimate of drug-likeness (QED) is 0.610. The van der Waals surface area contributed by atoms with Crippen molar-refractivity contribution in [2.24, 2.45) is 0 Å². The van der Waals surface area contributed by atoms with Gasteiger partial charge in [0.1, 0.15) is 0 Å². The SMILES string of the molecule is C=C(CC)[Si]1O[Si]O[Si]O[Si]O1. The molecular weight excluding hydrogens is 224 g/mol. The van der Waals surface area contributed by atoms with Crippen LogP contribution in [0.3, 0.4) is 0 Å². The molecular formula is C4H7O4Si4. The van der Waals surface area contributed by atoms with Gasteiger partial charge in [0, 0.05) is 0 Å². The van der Waals surface area contributed by atoms with Crippen molar-refractivity contribution in [3.05, 3.63) is 11.8 Å². The maximum atomic E-state index is 5.36. The predicted octanol–water partition coefficient (Wildman–Crippen LogP) is -0.337. The molecule has 0 N–H and O–H groups in total. The summed E-state index contributed by atoms with van der Waals surface area (Å²) in [7, 11) is -1.28. The van der Waals surface area contributed by atoms with Crippen molar-refractivity contribution in [2.75, 3.05) is 0 Å². The molecule has 0 aromatic carbocycles. The van der Waals surface area contributed by atoms with Crippen LogP contribution >= 0.6 is 0 Å². The van der Waals surface area contributed by atoms with Gasteiger partial charge in [0.25, 0.3) is 0 Å². The van der Waals surface area contributed by atoms with Crippen LogP contribution in [0.2, 0.25) is 0 Å². The molecule has 1 aliphatic rings. The van der Waals surface area contributed by atoms with Crippen LogP contribution in [-0.2, 0) is 16.5 Å². The lowest BCUT2D eigenvalue weighted by atomic mass is 10.5. The van der Waals surface area contributed by atoms with E-state index in [0.717, 1.165) is 11.6 Å². The van der Waals surface area contributed by atoms with Gasteiger partial charge in [-0.1, -0.05) is 13.5 Å². The van der Waals surface area contributed by atoms with Crippen molar-refractivity contribution in [1.82, 2.24) is 0 Å². The minimum Gasteiger partial charge on any atom is -0.412 e. The second kappa shape index (κ2) is 5.99. The van der Waals surface area contributed by atoms with Crippen LogP contribution in [0.15, 0.2) is 11.8 Å². The molecule has 0 bridgehead atoms. The third-order valence-electron chi connectivity index (χ3n) is 1.15. The Morgan fingerprint density at radius 2 is 1.83 bits per heavy atom. The summed E-state index contributed by atoms with van der Waals surface area (Å²) in [5.74, 6) is 0. The smallest absolute Gasteiger partial charge is 0.412 e. The van der Waals surface area contributed by atoms with E-state index in [2.05, 4.69) is 6.58 Å². The summed E-state index contributed by atoms with van der Waals surface area (Å²) >= 11 is 0. The normalized spacial score (nSPS) is 21.4. The molecule has 1 heterocycles. The van der Waals surface area contributed by atoms with Crippen LogP contribution in [0, 0.1) is 0 Å². The maximum Gasteiger partial charge on any atom is 0.413 e. The zero-order chi connectivity index (χ0) is 8.81. The van der Waals surface area contributed by atoms with Gasteiger partial charge in [0.2, 0.25) is 0 Å². The molecule has 63 valence electrons. The zero-order valence-electron chi connectivity index (χ0n) is 6.55. The molecule has 12 heavy (non-hydrogen) atoms.